The molecule has 0 N–H and O–H groups in total. The van der Waals surface area contributed by atoms with Crippen molar-refractivity contribution >= 4 is 0 Å². The number of hydrogen-bond acceptors (Lipinski definition) is 2. The van der Waals surface area contributed by atoms with E-state index in [9.17, 15) is 0 Å². The van der Waals surface area contributed by atoms with Gasteiger partial charge < -0.3 is 9.47 Å². The molecule has 1 aliphatic heterocycles. The number of epoxide rings is 1. The molecule has 0 bridgehead atoms. The van der Waals surface area contributed by atoms with Gasteiger partial charge in [0.2, 0.25) is 0 Å². The maximum Gasteiger partial charge on any atom is 0.104 e. The van der Waals surface area contributed by atoms with Crippen LogP contribution in [-0.2, 0) is 9.47 Å². The van der Waals surface area contributed by atoms with Crippen LogP contribution in [0, 0.1) is 17.8 Å². The van der Waals surface area contributed by atoms with Crippen molar-refractivity contribution in [2.24, 2.45) is 17.8 Å². The van der Waals surface area contributed by atoms with E-state index < -0.39 is 0 Å². The van der Waals surface area contributed by atoms with Crippen molar-refractivity contribution in [3.63, 3.8) is 0 Å². The average molecular weight is 212 g/mol. The molecule has 0 aromatic heterocycles. The van der Waals surface area contributed by atoms with E-state index in [4.69, 9.17) is 9.47 Å². The van der Waals surface area contributed by atoms with Crippen molar-refractivity contribution in [2.75, 3.05) is 13.2 Å². The highest BCUT2D eigenvalue weighted by Crippen LogP contribution is 2.35. The van der Waals surface area contributed by atoms with Crippen LogP contribution < -0.4 is 0 Å². The van der Waals surface area contributed by atoms with Crippen LogP contribution in [0.2, 0.25) is 0 Å². The zero-order valence-corrected chi connectivity index (χ0v) is 10.2. The normalized spacial score (nSPS) is 40.8. The summed E-state index contributed by atoms with van der Waals surface area (Å²) < 4.78 is 11.2. The SMILES string of the molecule is CC1CCC(C(C)C)C(OC[C@H]2CO2)C1. The molecule has 1 saturated heterocycles. The van der Waals surface area contributed by atoms with Gasteiger partial charge in [0.05, 0.1) is 19.3 Å². The quantitative estimate of drug-likeness (QED) is 0.668. The van der Waals surface area contributed by atoms with E-state index in [1.54, 1.807) is 0 Å². The van der Waals surface area contributed by atoms with E-state index in [-0.39, 0.29) is 0 Å². The lowest BCUT2D eigenvalue weighted by Crippen LogP contribution is -2.35. The molecule has 2 aliphatic rings. The van der Waals surface area contributed by atoms with Gasteiger partial charge in [-0.25, -0.2) is 0 Å². The van der Waals surface area contributed by atoms with E-state index in [0.717, 1.165) is 31.0 Å². The third-order valence-corrected chi connectivity index (χ3v) is 3.86. The first-order chi connectivity index (χ1) is 7.16. The van der Waals surface area contributed by atoms with E-state index in [0.29, 0.717) is 12.2 Å². The molecular weight excluding hydrogens is 188 g/mol. The van der Waals surface area contributed by atoms with E-state index in [2.05, 4.69) is 20.8 Å². The molecule has 0 spiro atoms. The predicted octanol–water partition coefficient (Wildman–Crippen LogP) is 2.86. The Hall–Kier alpha value is -0.0800. The van der Waals surface area contributed by atoms with Crippen molar-refractivity contribution in [1.82, 2.24) is 0 Å². The minimum atomic E-state index is 0.412. The van der Waals surface area contributed by atoms with Gasteiger partial charge in [-0.2, -0.15) is 0 Å². The Morgan fingerprint density at radius 3 is 2.67 bits per heavy atom. The second-order valence-corrected chi connectivity index (χ2v) is 5.65. The topological polar surface area (TPSA) is 21.8 Å². The molecule has 88 valence electrons. The fourth-order valence-corrected chi connectivity index (χ4v) is 2.70. The molecule has 2 heteroatoms. The molecule has 2 nitrogen and oxygen atoms in total. The fraction of sp³-hybridized carbons (Fsp3) is 1.00. The van der Waals surface area contributed by atoms with Crippen molar-refractivity contribution in [3.8, 4) is 0 Å². The lowest BCUT2D eigenvalue weighted by atomic mass is 9.75. The molecule has 0 amide bonds. The number of ether oxygens (including phenoxy) is 2. The third-order valence-electron chi connectivity index (χ3n) is 3.86. The lowest BCUT2D eigenvalue weighted by molar-refractivity contribution is -0.0430. The molecule has 0 aromatic carbocycles. The van der Waals surface area contributed by atoms with Crippen LogP contribution in [0.1, 0.15) is 40.0 Å². The van der Waals surface area contributed by atoms with Gasteiger partial charge in [-0.05, 0) is 30.6 Å². The highest BCUT2D eigenvalue weighted by Gasteiger charge is 2.33. The second-order valence-electron chi connectivity index (χ2n) is 5.65. The number of hydrogen-bond donors (Lipinski definition) is 0. The van der Waals surface area contributed by atoms with Crippen LogP contribution in [0.25, 0.3) is 0 Å². The summed E-state index contributed by atoms with van der Waals surface area (Å²) in [5, 5.41) is 0. The smallest absolute Gasteiger partial charge is 0.104 e. The zero-order chi connectivity index (χ0) is 10.8. The van der Waals surface area contributed by atoms with Crippen LogP contribution in [0.15, 0.2) is 0 Å². The molecule has 1 heterocycles. The average Bonchev–Trinajstić information content (AvgIpc) is 2.97. The summed E-state index contributed by atoms with van der Waals surface area (Å²) in [6.07, 6.45) is 4.86. The fourth-order valence-electron chi connectivity index (χ4n) is 2.70. The Balaban J connectivity index is 1.83. The molecule has 4 atom stereocenters. The van der Waals surface area contributed by atoms with Crippen LogP contribution >= 0.6 is 0 Å². The molecule has 0 aromatic rings. The Labute approximate surface area is 93.3 Å². The summed E-state index contributed by atoms with van der Waals surface area (Å²) in [7, 11) is 0. The summed E-state index contributed by atoms with van der Waals surface area (Å²) in [5.41, 5.74) is 0. The summed E-state index contributed by atoms with van der Waals surface area (Å²) in [4.78, 5) is 0. The van der Waals surface area contributed by atoms with Gasteiger partial charge in [0.25, 0.3) is 0 Å². The minimum absolute atomic E-state index is 0.412. The molecule has 1 saturated carbocycles. The van der Waals surface area contributed by atoms with Gasteiger partial charge in [0.1, 0.15) is 6.10 Å². The van der Waals surface area contributed by atoms with Gasteiger partial charge in [0.15, 0.2) is 0 Å². The largest absolute Gasteiger partial charge is 0.375 e. The predicted molar refractivity (Wildman–Crippen MR) is 60.8 cm³/mol. The Kier molecular flexibility index (Phi) is 3.68. The van der Waals surface area contributed by atoms with Crippen LogP contribution in [0.5, 0.6) is 0 Å². The zero-order valence-electron chi connectivity index (χ0n) is 10.2. The molecule has 0 radical (unpaired) electrons. The summed E-state index contributed by atoms with van der Waals surface area (Å²) in [5.74, 6) is 2.35. The third kappa shape index (κ3) is 3.18. The minimum Gasteiger partial charge on any atom is -0.375 e. The van der Waals surface area contributed by atoms with Crippen LogP contribution in [-0.4, -0.2) is 25.4 Å². The molecule has 2 rings (SSSR count). The molecule has 1 aliphatic carbocycles. The second kappa shape index (κ2) is 4.84. The van der Waals surface area contributed by atoms with Crippen molar-refractivity contribution in [2.45, 2.75) is 52.2 Å². The summed E-state index contributed by atoms with van der Waals surface area (Å²) in [6.45, 7) is 8.73. The lowest BCUT2D eigenvalue weighted by Gasteiger charge is -2.37. The van der Waals surface area contributed by atoms with Crippen LogP contribution in [0.3, 0.4) is 0 Å². The summed E-state index contributed by atoms with van der Waals surface area (Å²) in [6, 6.07) is 0. The highest BCUT2D eigenvalue weighted by atomic mass is 16.6. The molecule has 3 unspecified atom stereocenters. The standard InChI is InChI=1S/C13H24O2/c1-9(2)12-5-4-10(3)6-13(12)15-8-11-7-14-11/h9-13H,4-8H2,1-3H3/t10?,11-,12?,13?/m1/s1. The number of rotatable bonds is 4. The van der Waals surface area contributed by atoms with Crippen molar-refractivity contribution in [1.29, 1.82) is 0 Å². The summed E-state index contributed by atoms with van der Waals surface area (Å²) >= 11 is 0. The maximum absolute atomic E-state index is 6.03. The Morgan fingerprint density at radius 2 is 2.07 bits per heavy atom. The molecular formula is C13H24O2. The van der Waals surface area contributed by atoms with E-state index >= 15 is 0 Å². The first kappa shape index (κ1) is 11.4. The Morgan fingerprint density at radius 1 is 1.33 bits per heavy atom. The highest BCUT2D eigenvalue weighted by molar-refractivity contribution is 4.82. The van der Waals surface area contributed by atoms with Gasteiger partial charge in [-0.1, -0.05) is 27.2 Å². The first-order valence-electron chi connectivity index (χ1n) is 6.40. The van der Waals surface area contributed by atoms with Gasteiger partial charge in [-0.3, -0.25) is 0 Å². The molecule has 2 fully saturated rings. The van der Waals surface area contributed by atoms with Gasteiger partial charge in [0, 0.05) is 0 Å². The van der Waals surface area contributed by atoms with Gasteiger partial charge >= 0.3 is 0 Å². The first-order valence-corrected chi connectivity index (χ1v) is 6.40. The Bertz CT molecular complexity index is 199. The van der Waals surface area contributed by atoms with E-state index in [1.165, 1.54) is 19.3 Å². The van der Waals surface area contributed by atoms with Crippen molar-refractivity contribution < 1.29 is 9.47 Å². The molecule has 15 heavy (non-hydrogen) atoms. The maximum atomic E-state index is 6.03. The van der Waals surface area contributed by atoms with Gasteiger partial charge in [-0.15, -0.1) is 0 Å². The monoisotopic (exact) mass is 212 g/mol. The van der Waals surface area contributed by atoms with E-state index in [1.807, 2.05) is 0 Å². The van der Waals surface area contributed by atoms with Crippen molar-refractivity contribution in [3.05, 3.63) is 0 Å². The van der Waals surface area contributed by atoms with Crippen LogP contribution in [0.4, 0.5) is 0 Å².